The van der Waals surface area contributed by atoms with Crippen molar-refractivity contribution in [2.45, 2.75) is 0 Å². The van der Waals surface area contributed by atoms with E-state index in [4.69, 9.17) is 9.47 Å². The topological polar surface area (TPSA) is 82.4 Å². The van der Waals surface area contributed by atoms with Crippen molar-refractivity contribution in [3.05, 3.63) is 76.3 Å². The molecular weight excluding hydrogens is 353 g/mol. The lowest BCUT2D eigenvalue weighted by molar-refractivity contribution is 0.101. The highest BCUT2D eigenvalue weighted by Gasteiger charge is 2.18. The second-order valence-corrected chi connectivity index (χ2v) is 5.48. The number of benzene rings is 2. The van der Waals surface area contributed by atoms with Gasteiger partial charge in [-0.1, -0.05) is 12.1 Å². The fourth-order valence-corrected chi connectivity index (χ4v) is 2.43. The maximum absolute atomic E-state index is 13.6. The van der Waals surface area contributed by atoms with E-state index in [1.54, 1.807) is 30.3 Å². The van der Waals surface area contributed by atoms with Crippen LogP contribution in [-0.4, -0.2) is 29.9 Å². The predicted molar refractivity (Wildman–Crippen MR) is 97.3 cm³/mol. The Bertz CT molecular complexity index is 1050. The van der Waals surface area contributed by atoms with Gasteiger partial charge in [-0.2, -0.15) is 5.10 Å². The largest absolute Gasteiger partial charge is 0.497 e. The molecular formula is C19H16FN3O4. The van der Waals surface area contributed by atoms with E-state index in [1.807, 2.05) is 0 Å². The molecule has 1 N–H and O–H groups in total. The van der Waals surface area contributed by atoms with Crippen LogP contribution in [0, 0.1) is 5.82 Å². The summed E-state index contributed by atoms with van der Waals surface area (Å²) >= 11 is 0. The molecule has 27 heavy (non-hydrogen) atoms. The highest BCUT2D eigenvalue weighted by Crippen LogP contribution is 2.18. The van der Waals surface area contributed by atoms with Crippen molar-refractivity contribution in [1.82, 2.24) is 9.78 Å². The van der Waals surface area contributed by atoms with Crippen molar-refractivity contribution in [3.8, 4) is 17.3 Å². The molecule has 1 heterocycles. The first kappa shape index (κ1) is 18.1. The lowest BCUT2D eigenvalue weighted by atomic mass is 10.2. The molecule has 0 fully saturated rings. The number of carbonyl (C=O) groups is 1. The van der Waals surface area contributed by atoms with E-state index < -0.39 is 17.2 Å². The monoisotopic (exact) mass is 369 g/mol. The summed E-state index contributed by atoms with van der Waals surface area (Å²) in [6.07, 6.45) is 0. The smallest absolute Gasteiger partial charge is 0.280 e. The third-order valence-corrected chi connectivity index (χ3v) is 3.70. The first-order valence-electron chi connectivity index (χ1n) is 7.91. The number of halogens is 1. The quantitative estimate of drug-likeness (QED) is 0.748. The molecule has 0 radical (unpaired) electrons. The van der Waals surface area contributed by atoms with Crippen LogP contribution in [0.25, 0.3) is 5.69 Å². The molecule has 1 aromatic heterocycles. The van der Waals surface area contributed by atoms with E-state index >= 15 is 0 Å². The van der Waals surface area contributed by atoms with Crippen LogP contribution >= 0.6 is 0 Å². The van der Waals surface area contributed by atoms with E-state index in [2.05, 4.69) is 10.4 Å². The maximum atomic E-state index is 13.6. The van der Waals surface area contributed by atoms with Crippen LogP contribution in [0.2, 0.25) is 0 Å². The van der Waals surface area contributed by atoms with Gasteiger partial charge in [0.15, 0.2) is 5.69 Å². The van der Waals surface area contributed by atoms with Gasteiger partial charge in [0, 0.05) is 11.8 Å². The molecule has 138 valence electrons. The van der Waals surface area contributed by atoms with Gasteiger partial charge >= 0.3 is 0 Å². The Morgan fingerprint density at radius 1 is 1.07 bits per heavy atom. The molecule has 0 bridgehead atoms. The molecule has 8 heteroatoms. The first-order valence-corrected chi connectivity index (χ1v) is 7.91. The van der Waals surface area contributed by atoms with Gasteiger partial charge < -0.3 is 14.8 Å². The summed E-state index contributed by atoms with van der Waals surface area (Å²) in [6.45, 7) is 0. The molecule has 0 aliphatic heterocycles. The number of aromatic nitrogens is 2. The molecule has 0 unspecified atom stereocenters. The molecule has 0 aliphatic carbocycles. The summed E-state index contributed by atoms with van der Waals surface area (Å²) in [6, 6.07) is 13.3. The Morgan fingerprint density at radius 3 is 2.56 bits per heavy atom. The third kappa shape index (κ3) is 3.95. The van der Waals surface area contributed by atoms with Crippen molar-refractivity contribution in [3.63, 3.8) is 0 Å². The van der Waals surface area contributed by atoms with Gasteiger partial charge in [-0.05, 0) is 30.3 Å². The Hall–Kier alpha value is -3.68. The number of hydrogen-bond acceptors (Lipinski definition) is 5. The Balaban J connectivity index is 2.01. The summed E-state index contributed by atoms with van der Waals surface area (Å²) in [7, 11) is 2.85. The highest BCUT2D eigenvalue weighted by molar-refractivity contribution is 6.02. The van der Waals surface area contributed by atoms with Crippen LogP contribution in [0.15, 0.2) is 59.4 Å². The summed E-state index contributed by atoms with van der Waals surface area (Å²) in [4.78, 5) is 24.8. The van der Waals surface area contributed by atoms with E-state index in [0.29, 0.717) is 17.1 Å². The summed E-state index contributed by atoms with van der Waals surface area (Å²) < 4.78 is 25.0. The Labute approximate surface area is 154 Å². The van der Waals surface area contributed by atoms with Gasteiger partial charge in [-0.3, -0.25) is 9.59 Å². The fraction of sp³-hybridized carbons (Fsp3) is 0.105. The molecule has 3 aromatic rings. The van der Waals surface area contributed by atoms with Crippen LogP contribution in [0.5, 0.6) is 11.6 Å². The number of anilines is 1. The molecule has 7 nitrogen and oxygen atoms in total. The van der Waals surface area contributed by atoms with Gasteiger partial charge in [0.05, 0.1) is 26.0 Å². The van der Waals surface area contributed by atoms with Crippen LogP contribution in [0.4, 0.5) is 10.1 Å². The average molecular weight is 369 g/mol. The molecule has 0 saturated carbocycles. The fourth-order valence-electron chi connectivity index (χ4n) is 2.43. The standard InChI is InChI=1S/C19H16FN3O4/c1-26-15-8-4-6-13(10-15)21-19(25)18-16(24)11-17(27-2)23(22-18)14-7-3-5-12(20)9-14/h3-11H,1-2H3,(H,21,25). The Kier molecular flexibility index (Phi) is 5.16. The average Bonchev–Trinajstić information content (AvgIpc) is 2.67. The highest BCUT2D eigenvalue weighted by atomic mass is 19.1. The van der Waals surface area contributed by atoms with E-state index in [0.717, 1.165) is 6.07 Å². The maximum Gasteiger partial charge on any atom is 0.280 e. The van der Waals surface area contributed by atoms with Crippen molar-refractivity contribution in [2.24, 2.45) is 0 Å². The molecule has 0 spiro atoms. The summed E-state index contributed by atoms with van der Waals surface area (Å²) in [5, 5.41) is 6.65. The molecule has 0 aliphatic rings. The van der Waals surface area contributed by atoms with Crippen LogP contribution in [0.3, 0.4) is 0 Å². The van der Waals surface area contributed by atoms with Gasteiger partial charge in [0.25, 0.3) is 5.91 Å². The zero-order chi connectivity index (χ0) is 19.4. The molecule has 2 aromatic carbocycles. The Morgan fingerprint density at radius 2 is 1.85 bits per heavy atom. The SMILES string of the molecule is COc1cccc(NC(=O)c2nn(-c3cccc(F)c3)c(OC)cc2=O)c1. The zero-order valence-electron chi connectivity index (χ0n) is 14.6. The van der Waals surface area contributed by atoms with Crippen LogP contribution in [-0.2, 0) is 0 Å². The van der Waals surface area contributed by atoms with E-state index in [9.17, 15) is 14.0 Å². The number of amides is 1. The number of nitrogens with one attached hydrogen (secondary N) is 1. The first-order chi connectivity index (χ1) is 13.0. The molecule has 0 saturated heterocycles. The van der Waals surface area contributed by atoms with Crippen LogP contribution in [0.1, 0.15) is 10.5 Å². The van der Waals surface area contributed by atoms with Gasteiger partial charge in [-0.25, -0.2) is 9.07 Å². The van der Waals surface area contributed by atoms with E-state index in [-0.39, 0.29) is 11.6 Å². The minimum Gasteiger partial charge on any atom is -0.497 e. The lowest BCUT2D eigenvalue weighted by Gasteiger charge is -2.13. The van der Waals surface area contributed by atoms with Gasteiger partial charge in [-0.15, -0.1) is 0 Å². The van der Waals surface area contributed by atoms with Crippen molar-refractivity contribution in [2.75, 3.05) is 19.5 Å². The normalized spacial score (nSPS) is 10.3. The second kappa shape index (κ2) is 7.69. The number of nitrogens with zero attached hydrogens (tertiary/aromatic N) is 2. The summed E-state index contributed by atoms with van der Waals surface area (Å²) in [5.41, 5.74) is -0.237. The third-order valence-electron chi connectivity index (χ3n) is 3.70. The lowest BCUT2D eigenvalue weighted by Crippen LogP contribution is -2.26. The van der Waals surface area contributed by atoms with Gasteiger partial charge in [0.1, 0.15) is 11.6 Å². The number of rotatable bonds is 5. The molecule has 1 amide bonds. The summed E-state index contributed by atoms with van der Waals surface area (Å²) in [5.74, 6) is -0.574. The van der Waals surface area contributed by atoms with Crippen molar-refractivity contribution >= 4 is 11.6 Å². The molecule has 3 rings (SSSR count). The minimum absolute atomic E-state index is 0.0727. The van der Waals surface area contributed by atoms with Crippen molar-refractivity contribution < 1.29 is 18.7 Å². The number of ether oxygens (including phenoxy) is 2. The number of methoxy groups -OCH3 is 2. The second-order valence-electron chi connectivity index (χ2n) is 5.48. The minimum atomic E-state index is -0.707. The number of hydrogen-bond donors (Lipinski definition) is 1. The number of carbonyl (C=O) groups excluding carboxylic acids is 1. The molecule has 0 atom stereocenters. The zero-order valence-corrected chi connectivity index (χ0v) is 14.6. The van der Waals surface area contributed by atoms with Crippen LogP contribution < -0.4 is 20.2 Å². The van der Waals surface area contributed by atoms with E-state index in [1.165, 1.54) is 37.1 Å². The predicted octanol–water partition coefficient (Wildman–Crippen LogP) is 2.64. The van der Waals surface area contributed by atoms with Crippen molar-refractivity contribution in [1.29, 1.82) is 0 Å². The van der Waals surface area contributed by atoms with Gasteiger partial charge in [0.2, 0.25) is 11.3 Å².